The number of fused-ring (bicyclic) bond motifs is 6. The van der Waals surface area contributed by atoms with E-state index >= 15 is 0 Å². The van der Waals surface area contributed by atoms with Crippen molar-refractivity contribution in [3.05, 3.63) is 168 Å². The molecule has 1 aliphatic rings. The van der Waals surface area contributed by atoms with Crippen molar-refractivity contribution in [1.29, 1.82) is 0 Å². The molecule has 0 saturated heterocycles. The Bertz CT molecular complexity index is 2480. The molecule has 228 valence electrons. The third kappa shape index (κ3) is 4.32. The van der Waals surface area contributed by atoms with E-state index in [1.54, 1.807) is 0 Å². The summed E-state index contributed by atoms with van der Waals surface area (Å²) in [5.41, 5.74) is 9.85. The van der Waals surface area contributed by atoms with E-state index in [2.05, 4.69) is 54.8 Å². The van der Waals surface area contributed by atoms with Gasteiger partial charge in [0.15, 0.2) is 17.4 Å². The fourth-order valence-corrected chi connectivity index (χ4v) is 7.22. The summed E-state index contributed by atoms with van der Waals surface area (Å²) in [6.45, 7) is 4.58. The average molecular weight is 619 g/mol. The summed E-state index contributed by atoms with van der Waals surface area (Å²) < 4.78 is 2.14. The topological polar surface area (TPSA) is 60.7 Å². The van der Waals surface area contributed by atoms with Gasteiger partial charge in [0.05, 0.1) is 11.0 Å². The first kappa shape index (κ1) is 28.1. The van der Waals surface area contributed by atoms with Crippen molar-refractivity contribution in [1.82, 2.24) is 19.5 Å². The fraction of sp³-hybridized carbons (Fsp3) is 0.0698. The van der Waals surface area contributed by atoms with E-state index in [-0.39, 0.29) is 11.2 Å². The van der Waals surface area contributed by atoms with Gasteiger partial charge >= 0.3 is 0 Å². The van der Waals surface area contributed by atoms with Crippen LogP contribution in [0.5, 0.6) is 0 Å². The molecular formula is C43H30N4O. The van der Waals surface area contributed by atoms with Crippen molar-refractivity contribution < 1.29 is 4.79 Å². The Hall–Kier alpha value is -6.20. The predicted molar refractivity (Wildman–Crippen MR) is 192 cm³/mol. The summed E-state index contributed by atoms with van der Waals surface area (Å²) in [7, 11) is 0. The minimum atomic E-state index is -0.180. The van der Waals surface area contributed by atoms with E-state index in [1.807, 2.05) is 109 Å². The quantitative estimate of drug-likeness (QED) is 0.180. The number of hydrogen-bond donors (Lipinski definition) is 0. The van der Waals surface area contributed by atoms with Gasteiger partial charge in [0, 0.05) is 38.4 Å². The highest BCUT2D eigenvalue weighted by Gasteiger charge is 2.36. The summed E-state index contributed by atoms with van der Waals surface area (Å²) in [5.74, 6) is 1.71. The van der Waals surface area contributed by atoms with Gasteiger partial charge in [-0.1, -0.05) is 129 Å². The molecule has 48 heavy (non-hydrogen) atoms. The lowest BCUT2D eigenvalue weighted by molar-refractivity contribution is 0.103. The molecule has 0 bridgehead atoms. The SMILES string of the molecule is CC1(C)c2ccccc2-c2cc3c(cc21)c1cc(C(=O)c2ccccc2)ccc1n3-c1nc(-c2ccccc2)nc(-c2ccccc2)n1. The van der Waals surface area contributed by atoms with E-state index in [4.69, 9.17) is 15.0 Å². The summed E-state index contributed by atoms with van der Waals surface area (Å²) >= 11 is 0. The van der Waals surface area contributed by atoms with Crippen molar-refractivity contribution in [2.45, 2.75) is 19.3 Å². The standard InChI is InChI=1S/C43H30N4O/c1-43(2)35-21-13-12-20-31(35)32-26-38-34(25-36(32)43)33-24-30(39(48)27-14-6-3-7-15-27)22-23-37(33)47(38)42-45-40(28-16-8-4-9-17-28)44-41(46-42)29-18-10-5-11-19-29/h3-26H,1-2H3. The summed E-state index contributed by atoms with van der Waals surface area (Å²) in [5, 5.41) is 2.03. The van der Waals surface area contributed by atoms with Gasteiger partial charge in [0.2, 0.25) is 5.95 Å². The first-order valence-corrected chi connectivity index (χ1v) is 16.2. The molecule has 0 spiro atoms. The second kappa shape index (κ2) is 10.7. The highest BCUT2D eigenvalue weighted by molar-refractivity contribution is 6.16. The van der Waals surface area contributed by atoms with Crippen LogP contribution in [0.1, 0.15) is 40.9 Å². The molecule has 8 aromatic rings. The second-order valence-electron chi connectivity index (χ2n) is 12.9. The van der Waals surface area contributed by atoms with Crippen LogP contribution in [-0.4, -0.2) is 25.3 Å². The van der Waals surface area contributed by atoms with Crippen LogP contribution >= 0.6 is 0 Å². The molecule has 1 aliphatic carbocycles. The van der Waals surface area contributed by atoms with Crippen molar-refractivity contribution in [2.24, 2.45) is 0 Å². The molecular weight excluding hydrogens is 589 g/mol. The molecule has 0 N–H and O–H groups in total. The summed E-state index contributed by atoms with van der Waals surface area (Å²) in [6, 6.07) is 48.7. The van der Waals surface area contributed by atoms with Crippen LogP contribution in [0.15, 0.2) is 146 Å². The maximum Gasteiger partial charge on any atom is 0.238 e. The van der Waals surface area contributed by atoms with Crippen LogP contribution in [0.25, 0.3) is 61.7 Å². The maximum atomic E-state index is 13.7. The molecule has 5 heteroatoms. The van der Waals surface area contributed by atoms with Crippen LogP contribution in [0.2, 0.25) is 0 Å². The Morgan fingerprint density at radius 2 is 1.10 bits per heavy atom. The number of ketones is 1. The Morgan fingerprint density at radius 3 is 1.77 bits per heavy atom. The molecule has 0 unspecified atom stereocenters. The van der Waals surface area contributed by atoms with E-state index in [0.29, 0.717) is 28.7 Å². The Kier molecular flexibility index (Phi) is 6.24. The maximum absolute atomic E-state index is 13.7. The van der Waals surface area contributed by atoms with Gasteiger partial charge in [-0.2, -0.15) is 9.97 Å². The van der Waals surface area contributed by atoms with Crippen molar-refractivity contribution in [3.63, 3.8) is 0 Å². The van der Waals surface area contributed by atoms with Crippen LogP contribution in [0.4, 0.5) is 0 Å². The van der Waals surface area contributed by atoms with Gasteiger partial charge in [-0.05, 0) is 52.6 Å². The number of carbonyl (C=O) groups excluding carboxylic acids is 1. The molecule has 2 heterocycles. The Labute approximate surface area is 278 Å². The summed E-state index contributed by atoms with van der Waals surface area (Å²) in [4.78, 5) is 28.9. The van der Waals surface area contributed by atoms with Gasteiger partial charge in [-0.3, -0.25) is 9.36 Å². The van der Waals surface area contributed by atoms with Crippen LogP contribution in [0.3, 0.4) is 0 Å². The van der Waals surface area contributed by atoms with Crippen LogP contribution in [0, 0.1) is 0 Å². The van der Waals surface area contributed by atoms with E-state index in [9.17, 15) is 4.79 Å². The van der Waals surface area contributed by atoms with Crippen LogP contribution in [-0.2, 0) is 5.41 Å². The first-order chi connectivity index (χ1) is 23.5. The van der Waals surface area contributed by atoms with Gasteiger partial charge < -0.3 is 0 Å². The monoisotopic (exact) mass is 618 g/mol. The molecule has 5 nitrogen and oxygen atoms in total. The Balaban J connectivity index is 1.36. The number of aromatic nitrogens is 4. The number of nitrogens with zero attached hydrogens (tertiary/aromatic N) is 4. The molecule has 0 aliphatic heterocycles. The normalized spacial score (nSPS) is 13.0. The van der Waals surface area contributed by atoms with E-state index < -0.39 is 0 Å². The minimum Gasteiger partial charge on any atom is -0.289 e. The fourth-order valence-electron chi connectivity index (χ4n) is 7.22. The molecule has 0 fully saturated rings. The number of benzene rings is 6. The van der Waals surface area contributed by atoms with E-state index in [1.165, 1.54) is 22.3 Å². The predicted octanol–water partition coefficient (Wildman–Crippen LogP) is 9.84. The lowest BCUT2D eigenvalue weighted by Gasteiger charge is -2.21. The minimum absolute atomic E-state index is 0.00909. The first-order valence-electron chi connectivity index (χ1n) is 16.2. The smallest absolute Gasteiger partial charge is 0.238 e. The number of hydrogen-bond acceptors (Lipinski definition) is 4. The molecule has 2 aromatic heterocycles. The van der Waals surface area contributed by atoms with Crippen molar-refractivity contribution in [3.8, 4) is 39.9 Å². The lowest BCUT2D eigenvalue weighted by Crippen LogP contribution is -2.14. The zero-order valence-electron chi connectivity index (χ0n) is 26.6. The molecule has 0 atom stereocenters. The third-order valence-electron chi connectivity index (χ3n) is 9.65. The van der Waals surface area contributed by atoms with Crippen molar-refractivity contribution >= 4 is 27.6 Å². The Morgan fingerprint density at radius 1 is 0.521 bits per heavy atom. The van der Waals surface area contributed by atoms with Crippen LogP contribution < -0.4 is 0 Å². The van der Waals surface area contributed by atoms with Gasteiger partial charge in [-0.15, -0.1) is 0 Å². The number of carbonyl (C=O) groups is 1. The molecule has 0 radical (unpaired) electrons. The largest absolute Gasteiger partial charge is 0.289 e. The van der Waals surface area contributed by atoms with E-state index in [0.717, 1.165) is 32.9 Å². The highest BCUT2D eigenvalue weighted by atomic mass is 16.1. The molecule has 0 amide bonds. The van der Waals surface area contributed by atoms with Gasteiger partial charge in [-0.25, -0.2) is 4.98 Å². The molecule has 6 aromatic carbocycles. The molecule has 9 rings (SSSR count). The average Bonchev–Trinajstić information content (AvgIpc) is 3.58. The zero-order chi connectivity index (χ0) is 32.4. The third-order valence-corrected chi connectivity index (χ3v) is 9.65. The molecule has 0 saturated carbocycles. The lowest BCUT2D eigenvalue weighted by atomic mass is 9.82. The van der Waals surface area contributed by atoms with Gasteiger partial charge in [0.25, 0.3) is 0 Å². The zero-order valence-corrected chi connectivity index (χ0v) is 26.6. The highest BCUT2D eigenvalue weighted by Crippen LogP contribution is 2.51. The van der Waals surface area contributed by atoms with Gasteiger partial charge in [0.1, 0.15) is 0 Å². The van der Waals surface area contributed by atoms with Crippen molar-refractivity contribution in [2.75, 3.05) is 0 Å². The summed E-state index contributed by atoms with van der Waals surface area (Å²) in [6.07, 6.45) is 0. The second-order valence-corrected chi connectivity index (χ2v) is 12.9. The number of rotatable bonds is 5.